The second-order valence-corrected chi connectivity index (χ2v) is 4.57. The first-order chi connectivity index (χ1) is 9.08. The van der Waals surface area contributed by atoms with Crippen molar-refractivity contribution in [2.24, 2.45) is 0 Å². The molecule has 4 nitrogen and oxygen atoms in total. The second kappa shape index (κ2) is 5.71. The van der Waals surface area contributed by atoms with Crippen LogP contribution in [-0.2, 0) is 6.54 Å². The molecule has 0 radical (unpaired) electrons. The van der Waals surface area contributed by atoms with Gasteiger partial charge in [0.25, 0.3) is 0 Å². The Morgan fingerprint density at radius 2 is 2.16 bits per heavy atom. The van der Waals surface area contributed by atoms with Gasteiger partial charge in [-0.05, 0) is 31.0 Å². The zero-order valence-electron chi connectivity index (χ0n) is 11.0. The Kier molecular flexibility index (Phi) is 4.02. The molecule has 0 amide bonds. The summed E-state index contributed by atoms with van der Waals surface area (Å²) < 4.78 is 5.20. The molecule has 0 aliphatic carbocycles. The molecule has 0 spiro atoms. The smallest absolute Gasteiger partial charge is 0.338 e. The Bertz CT molecular complexity index is 574. The molecule has 0 fully saturated rings. The van der Waals surface area contributed by atoms with E-state index in [0.717, 1.165) is 0 Å². The molecular weight excluding hydrogens is 242 g/mol. The van der Waals surface area contributed by atoms with Crippen LogP contribution in [0.5, 0.6) is 0 Å². The number of nitrogens with one attached hydrogen (secondary N) is 1. The summed E-state index contributed by atoms with van der Waals surface area (Å²) in [5.41, 5.74) is 2.64. The third-order valence-corrected chi connectivity index (χ3v) is 3.14. The number of carboxylic acid groups (broad SMARTS) is 1. The zero-order chi connectivity index (χ0) is 13.8. The summed E-state index contributed by atoms with van der Waals surface area (Å²) in [6.45, 7) is 4.65. The number of benzene rings is 1. The minimum Gasteiger partial charge on any atom is -0.478 e. The van der Waals surface area contributed by atoms with Crippen LogP contribution in [0.15, 0.2) is 41.0 Å². The average molecular weight is 259 g/mol. The summed E-state index contributed by atoms with van der Waals surface area (Å²) in [7, 11) is 0. The maximum Gasteiger partial charge on any atom is 0.338 e. The van der Waals surface area contributed by atoms with E-state index in [2.05, 4.69) is 31.3 Å². The van der Waals surface area contributed by atoms with Gasteiger partial charge in [0.05, 0.1) is 12.1 Å². The summed E-state index contributed by atoms with van der Waals surface area (Å²) >= 11 is 0. The summed E-state index contributed by atoms with van der Waals surface area (Å²) in [5.74, 6) is -0.347. The molecule has 100 valence electrons. The molecule has 1 aromatic carbocycles. The molecule has 0 aliphatic rings. The molecule has 2 rings (SSSR count). The molecule has 4 heteroatoms. The van der Waals surface area contributed by atoms with Gasteiger partial charge in [-0.25, -0.2) is 4.79 Å². The van der Waals surface area contributed by atoms with E-state index in [1.54, 1.807) is 6.07 Å². The van der Waals surface area contributed by atoms with Gasteiger partial charge in [-0.1, -0.05) is 24.3 Å². The van der Waals surface area contributed by atoms with E-state index in [1.165, 1.54) is 17.4 Å². The third kappa shape index (κ3) is 3.23. The minimum atomic E-state index is -0.970. The van der Waals surface area contributed by atoms with Crippen LogP contribution in [0.2, 0.25) is 0 Å². The number of aryl methyl sites for hydroxylation is 1. The first-order valence-electron chi connectivity index (χ1n) is 6.17. The Balaban J connectivity index is 1.98. The van der Waals surface area contributed by atoms with E-state index in [-0.39, 0.29) is 11.6 Å². The molecule has 2 N–H and O–H groups in total. The highest BCUT2D eigenvalue weighted by atomic mass is 16.4. The molecule has 0 aliphatic heterocycles. The van der Waals surface area contributed by atoms with Crippen LogP contribution >= 0.6 is 0 Å². The summed E-state index contributed by atoms with van der Waals surface area (Å²) in [4.78, 5) is 10.7. The lowest BCUT2D eigenvalue weighted by Crippen LogP contribution is -2.18. The molecule has 1 aromatic heterocycles. The fraction of sp³-hybridized carbons (Fsp3) is 0.267. The van der Waals surface area contributed by atoms with E-state index in [1.807, 2.05) is 12.1 Å². The molecule has 19 heavy (non-hydrogen) atoms. The van der Waals surface area contributed by atoms with Crippen LogP contribution in [0.3, 0.4) is 0 Å². The van der Waals surface area contributed by atoms with Crippen LogP contribution in [0, 0.1) is 6.92 Å². The number of carboxylic acids is 1. The van der Waals surface area contributed by atoms with Crippen molar-refractivity contribution >= 4 is 5.97 Å². The lowest BCUT2D eigenvalue weighted by molar-refractivity contribution is 0.0696. The van der Waals surface area contributed by atoms with Crippen LogP contribution in [0.1, 0.15) is 40.2 Å². The lowest BCUT2D eigenvalue weighted by Gasteiger charge is -2.15. The van der Waals surface area contributed by atoms with Crippen LogP contribution < -0.4 is 5.32 Å². The van der Waals surface area contributed by atoms with E-state index in [0.29, 0.717) is 12.3 Å². The Morgan fingerprint density at radius 3 is 2.79 bits per heavy atom. The summed E-state index contributed by atoms with van der Waals surface area (Å²) in [6.07, 6.45) is 1.26. The van der Waals surface area contributed by atoms with Crippen molar-refractivity contribution in [3.05, 3.63) is 59.0 Å². The quantitative estimate of drug-likeness (QED) is 0.866. The molecule has 0 saturated carbocycles. The first kappa shape index (κ1) is 13.4. The Hall–Kier alpha value is -2.07. The first-order valence-corrected chi connectivity index (χ1v) is 6.17. The topological polar surface area (TPSA) is 62.5 Å². The number of furan rings is 1. The second-order valence-electron chi connectivity index (χ2n) is 4.57. The van der Waals surface area contributed by atoms with Crippen molar-refractivity contribution in [2.75, 3.05) is 0 Å². The monoisotopic (exact) mass is 259 g/mol. The van der Waals surface area contributed by atoms with Gasteiger partial charge in [-0.15, -0.1) is 0 Å². The van der Waals surface area contributed by atoms with Crippen molar-refractivity contribution in [1.29, 1.82) is 0 Å². The van der Waals surface area contributed by atoms with Gasteiger partial charge >= 0.3 is 5.97 Å². The third-order valence-electron chi connectivity index (χ3n) is 3.14. The summed E-state index contributed by atoms with van der Waals surface area (Å²) in [6, 6.07) is 9.90. The average Bonchev–Trinajstić information content (AvgIpc) is 2.85. The zero-order valence-corrected chi connectivity index (χ0v) is 11.0. The number of hydrogen-bond acceptors (Lipinski definition) is 3. The van der Waals surface area contributed by atoms with Gasteiger partial charge in [0, 0.05) is 6.04 Å². The van der Waals surface area contributed by atoms with Crippen molar-refractivity contribution in [1.82, 2.24) is 5.32 Å². The van der Waals surface area contributed by atoms with Crippen LogP contribution in [0.25, 0.3) is 0 Å². The van der Waals surface area contributed by atoms with Crippen molar-refractivity contribution in [2.45, 2.75) is 26.4 Å². The Labute approximate surface area is 112 Å². The highest BCUT2D eigenvalue weighted by Crippen LogP contribution is 2.17. The van der Waals surface area contributed by atoms with E-state index in [4.69, 9.17) is 9.52 Å². The number of aromatic carboxylic acids is 1. The number of carbonyl (C=O) groups is 1. The largest absolute Gasteiger partial charge is 0.478 e. The molecule has 0 bridgehead atoms. The highest BCUT2D eigenvalue weighted by molar-refractivity contribution is 5.87. The highest BCUT2D eigenvalue weighted by Gasteiger charge is 2.11. The van der Waals surface area contributed by atoms with Gasteiger partial charge in [-0.3, -0.25) is 0 Å². The summed E-state index contributed by atoms with van der Waals surface area (Å²) in [5, 5.41) is 12.1. The van der Waals surface area contributed by atoms with Crippen LogP contribution in [-0.4, -0.2) is 11.1 Å². The fourth-order valence-electron chi connectivity index (χ4n) is 2.02. The lowest BCUT2D eigenvalue weighted by atomic mass is 10.0. The van der Waals surface area contributed by atoms with Gasteiger partial charge in [0.2, 0.25) is 0 Å². The van der Waals surface area contributed by atoms with E-state index >= 15 is 0 Å². The standard InChI is InChI=1S/C15H17NO3/c1-10-5-3-4-6-14(10)11(2)16-8-13-7-12(9-19-13)15(17)18/h3-7,9,11,16H,8H2,1-2H3,(H,17,18)/t11-/m0/s1. The Morgan fingerprint density at radius 1 is 1.42 bits per heavy atom. The van der Waals surface area contributed by atoms with Gasteiger partial charge in [0.15, 0.2) is 0 Å². The fourth-order valence-corrected chi connectivity index (χ4v) is 2.02. The molecule has 0 saturated heterocycles. The number of hydrogen-bond donors (Lipinski definition) is 2. The van der Waals surface area contributed by atoms with Crippen molar-refractivity contribution < 1.29 is 14.3 Å². The predicted molar refractivity (Wildman–Crippen MR) is 72.1 cm³/mol. The van der Waals surface area contributed by atoms with Gasteiger partial charge < -0.3 is 14.8 Å². The van der Waals surface area contributed by atoms with E-state index < -0.39 is 5.97 Å². The molecule has 1 heterocycles. The predicted octanol–water partition coefficient (Wildman–Crippen LogP) is 3.14. The van der Waals surface area contributed by atoms with Crippen molar-refractivity contribution in [3.8, 4) is 0 Å². The maximum absolute atomic E-state index is 10.7. The number of rotatable bonds is 5. The minimum absolute atomic E-state index is 0.180. The van der Waals surface area contributed by atoms with Gasteiger partial charge in [-0.2, -0.15) is 0 Å². The maximum atomic E-state index is 10.7. The SMILES string of the molecule is Cc1ccccc1[C@H](C)NCc1cc(C(=O)O)co1. The van der Waals surface area contributed by atoms with Crippen molar-refractivity contribution in [3.63, 3.8) is 0 Å². The molecule has 2 aromatic rings. The molecule has 1 atom stereocenters. The molecular formula is C15H17NO3. The van der Waals surface area contributed by atoms with Gasteiger partial charge in [0.1, 0.15) is 12.0 Å². The normalized spacial score (nSPS) is 12.3. The van der Waals surface area contributed by atoms with Crippen LogP contribution in [0.4, 0.5) is 0 Å². The van der Waals surface area contributed by atoms with E-state index in [9.17, 15) is 4.79 Å². The molecule has 0 unspecified atom stereocenters.